The van der Waals surface area contributed by atoms with Gasteiger partial charge in [0.05, 0.1) is 0 Å². The minimum absolute atomic E-state index is 0.341. The fourth-order valence-corrected chi connectivity index (χ4v) is 1.90. The van der Waals surface area contributed by atoms with Crippen LogP contribution in [0, 0.1) is 0 Å². The largest absolute Gasteiger partial charge is 0.490 e. The summed E-state index contributed by atoms with van der Waals surface area (Å²) in [5.41, 5.74) is 1.47. The Morgan fingerprint density at radius 1 is 1.04 bits per heavy atom. The Morgan fingerprint density at radius 2 is 1.76 bits per heavy atom. The van der Waals surface area contributed by atoms with Crippen molar-refractivity contribution in [3.8, 4) is 5.75 Å². The highest BCUT2D eigenvalue weighted by molar-refractivity contribution is 5.94. The lowest BCUT2D eigenvalue weighted by Gasteiger charge is -2.05. The lowest BCUT2D eigenvalue weighted by molar-refractivity contribution is -0.142. The van der Waals surface area contributed by atoms with Gasteiger partial charge in [-0.2, -0.15) is 0 Å². The maximum atomic E-state index is 11.7. The molecule has 0 saturated heterocycles. The zero-order chi connectivity index (χ0) is 17.9. The second kappa shape index (κ2) is 9.72. The summed E-state index contributed by atoms with van der Waals surface area (Å²) in [6, 6.07) is 16.2. The number of carbonyl (C=O) groups excluding carboxylic acids is 2. The van der Waals surface area contributed by atoms with Crippen LogP contribution in [0.15, 0.2) is 73.3 Å². The van der Waals surface area contributed by atoms with Gasteiger partial charge in [-0.3, -0.25) is 4.79 Å². The van der Waals surface area contributed by atoms with E-state index in [2.05, 4.69) is 11.9 Å². The summed E-state index contributed by atoms with van der Waals surface area (Å²) >= 11 is 0. The number of esters is 1. The van der Waals surface area contributed by atoms with E-state index in [-0.39, 0.29) is 6.61 Å². The number of amides is 1. The van der Waals surface area contributed by atoms with Crippen LogP contribution in [0.1, 0.15) is 5.56 Å². The number of ether oxygens (including phenoxy) is 2. The van der Waals surface area contributed by atoms with E-state index in [1.54, 1.807) is 48.6 Å². The van der Waals surface area contributed by atoms with Gasteiger partial charge in [-0.25, -0.2) is 4.79 Å². The number of nitrogens with one attached hydrogen (secondary N) is 1. The third-order valence-electron chi connectivity index (χ3n) is 3.06. The zero-order valence-electron chi connectivity index (χ0n) is 13.7. The summed E-state index contributed by atoms with van der Waals surface area (Å²) < 4.78 is 10.3. The molecule has 0 heterocycles. The highest BCUT2D eigenvalue weighted by Gasteiger charge is 2.05. The Hall–Kier alpha value is -3.34. The van der Waals surface area contributed by atoms with Crippen LogP contribution in [0.2, 0.25) is 0 Å². The van der Waals surface area contributed by atoms with Gasteiger partial charge in [0.2, 0.25) is 0 Å². The van der Waals surface area contributed by atoms with Crippen LogP contribution in [-0.4, -0.2) is 25.1 Å². The molecule has 0 aromatic heterocycles. The van der Waals surface area contributed by atoms with Crippen LogP contribution in [0.25, 0.3) is 6.08 Å². The Morgan fingerprint density at radius 3 is 2.44 bits per heavy atom. The first-order valence-corrected chi connectivity index (χ1v) is 7.71. The van der Waals surface area contributed by atoms with Crippen LogP contribution >= 0.6 is 0 Å². The van der Waals surface area contributed by atoms with Gasteiger partial charge in [0, 0.05) is 11.8 Å². The fourth-order valence-electron chi connectivity index (χ4n) is 1.90. The van der Waals surface area contributed by atoms with Gasteiger partial charge in [0.1, 0.15) is 12.4 Å². The number of benzene rings is 2. The summed E-state index contributed by atoms with van der Waals surface area (Å²) in [4.78, 5) is 23.3. The quantitative estimate of drug-likeness (QED) is 0.455. The molecule has 5 nitrogen and oxygen atoms in total. The lowest BCUT2D eigenvalue weighted by Crippen LogP contribution is -2.20. The molecule has 0 radical (unpaired) electrons. The van der Waals surface area contributed by atoms with Crippen LogP contribution in [0.5, 0.6) is 5.75 Å². The third-order valence-corrected chi connectivity index (χ3v) is 3.06. The number of carbonyl (C=O) groups is 2. The summed E-state index contributed by atoms with van der Waals surface area (Å²) in [7, 11) is 0. The van der Waals surface area contributed by atoms with Crippen molar-refractivity contribution in [2.75, 3.05) is 18.5 Å². The summed E-state index contributed by atoms with van der Waals surface area (Å²) in [5.74, 6) is -0.260. The van der Waals surface area contributed by atoms with Crippen molar-refractivity contribution < 1.29 is 19.1 Å². The van der Waals surface area contributed by atoms with Crippen LogP contribution in [-0.2, 0) is 14.3 Å². The van der Waals surface area contributed by atoms with E-state index in [1.165, 1.54) is 6.08 Å². The first-order chi connectivity index (χ1) is 12.2. The molecule has 128 valence electrons. The second-order valence-corrected chi connectivity index (χ2v) is 5.02. The molecule has 0 aliphatic rings. The number of hydrogen-bond donors (Lipinski definition) is 1. The Bertz CT molecular complexity index is 736. The molecule has 2 aromatic rings. The average Bonchev–Trinajstić information content (AvgIpc) is 2.64. The predicted octanol–water partition coefficient (Wildman–Crippen LogP) is 3.45. The van der Waals surface area contributed by atoms with Gasteiger partial charge in [0.15, 0.2) is 6.61 Å². The molecule has 0 saturated carbocycles. The molecular formula is C20H19NO4. The van der Waals surface area contributed by atoms with Gasteiger partial charge in [-0.05, 0) is 35.9 Å². The van der Waals surface area contributed by atoms with Crippen LogP contribution < -0.4 is 10.1 Å². The molecule has 0 aliphatic heterocycles. The molecule has 2 aromatic carbocycles. The summed E-state index contributed by atoms with van der Waals surface area (Å²) in [6.07, 6.45) is 4.54. The minimum Gasteiger partial charge on any atom is -0.490 e. The SMILES string of the molecule is C=CCOc1ccc(/C=C/C(=O)OCC(=O)Nc2ccccc2)cc1. The van der Waals surface area contributed by atoms with Crippen molar-refractivity contribution in [2.24, 2.45) is 0 Å². The second-order valence-electron chi connectivity index (χ2n) is 5.02. The molecule has 0 spiro atoms. The molecule has 25 heavy (non-hydrogen) atoms. The van der Waals surface area contributed by atoms with Crippen molar-refractivity contribution in [2.45, 2.75) is 0 Å². The number of hydrogen-bond acceptors (Lipinski definition) is 4. The van der Waals surface area contributed by atoms with Gasteiger partial charge in [0.25, 0.3) is 5.91 Å². The summed E-state index contributed by atoms with van der Waals surface area (Å²) in [5, 5.41) is 2.63. The van der Waals surface area contributed by atoms with E-state index in [1.807, 2.05) is 18.2 Å². The van der Waals surface area contributed by atoms with Crippen LogP contribution in [0.3, 0.4) is 0 Å². The zero-order valence-corrected chi connectivity index (χ0v) is 13.7. The van der Waals surface area contributed by atoms with E-state index < -0.39 is 11.9 Å². The highest BCUT2D eigenvalue weighted by Crippen LogP contribution is 2.13. The molecule has 0 fully saturated rings. The Labute approximate surface area is 146 Å². The highest BCUT2D eigenvalue weighted by atomic mass is 16.5. The molecule has 1 N–H and O–H groups in total. The minimum atomic E-state index is -0.588. The molecule has 0 unspecified atom stereocenters. The number of para-hydroxylation sites is 1. The monoisotopic (exact) mass is 337 g/mol. The maximum Gasteiger partial charge on any atom is 0.331 e. The maximum absolute atomic E-state index is 11.7. The molecule has 1 amide bonds. The third kappa shape index (κ3) is 6.74. The van der Waals surface area contributed by atoms with Gasteiger partial charge >= 0.3 is 5.97 Å². The average molecular weight is 337 g/mol. The molecule has 0 atom stereocenters. The van der Waals surface area contributed by atoms with E-state index in [4.69, 9.17) is 9.47 Å². The summed E-state index contributed by atoms with van der Waals surface area (Å²) in [6.45, 7) is 3.68. The first-order valence-electron chi connectivity index (χ1n) is 7.71. The predicted molar refractivity (Wildman–Crippen MR) is 97.2 cm³/mol. The van der Waals surface area contributed by atoms with Crippen molar-refractivity contribution in [1.29, 1.82) is 0 Å². The first kappa shape index (κ1) is 18.0. The normalized spacial score (nSPS) is 10.2. The van der Waals surface area contributed by atoms with E-state index in [0.717, 1.165) is 11.3 Å². The van der Waals surface area contributed by atoms with Crippen LogP contribution in [0.4, 0.5) is 5.69 Å². The van der Waals surface area contributed by atoms with Gasteiger partial charge < -0.3 is 14.8 Å². The Balaban J connectivity index is 1.76. The van der Waals surface area contributed by atoms with E-state index >= 15 is 0 Å². The van der Waals surface area contributed by atoms with Crippen molar-refractivity contribution in [3.05, 3.63) is 78.9 Å². The van der Waals surface area contributed by atoms with E-state index in [0.29, 0.717) is 12.3 Å². The number of rotatable bonds is 8. The standard InChI is InChI=1S/C20H19NO4/c1-2-14-24-18-11-8-16(9-12-18)10-13-20(23)25-15-19(22)21-17-6-4-3-5-7-17/h2-13H,1,14-15H2,(H,21,22)/b13-10+. The molecule has 0 aliphatic carbocycles. The lowest BCUT2D eigenvalue weighted by atomic mass is 10.2. The van der Waals surface area contributed by atoms with Gasteiger partial charge in [-0.1, -0.05) is 43.0 Å². The molecule has 0 bridgehead atoms. The number of anilines is 1. The molecule has 5 heteroatoms. The molecular weight excluding hydrogens is 318 g/mol. The smallest absolute Gasteiger partial charge is 0.331 e. The topological polar surface area (TPSA) is 64.6 Å². The molecule has 2 rings (SSSR count). The van der Waals surface area contributed by atoms with Crippen molar-refractivity contribution in [1.82, 2.24) is 0 Å². The Kier molecular flexibility index (Phi) is 7.00. The van der Waals surface area contributed by atoms with Gasteiger partial charge in [-0.15, -0.1) is 0 Å². The fraction of sp³-hybridized carbons (Fsp3) is 0.100. The van der Waals surface area contributed by atoms with Crippen molar-refractivity contribution in [3.63, 3.8) is 0 Å². The van der Waals surface area contributed by atoms with Crippen molar-refractivity contribution >= 4 is 23.6 Å². The van der Waals surface area contributed by atoms with E-state index in [9.17, 15) is 9.59 Å².